The second kappa shape index (κ2) is 6.88. The molecule has 0 aliphatic carbocycles. The van der Waals surface area contributed by atoms with Crippen molar-refractivity contribution in [1.29, 1.82) is 0 Å². The topological polar surface area (TPSA) is 80.6 Å². The molecule has 0 radical (unpaired) electrons. The SMILES string of the molecule is Cn1cnc(S(=O)(=O)N2CCC(Oc3cccnc3N3CCCC3)C2)c1. The molecule has 0 aromatic carbocycles. The Morgan fingerprint density at radius 1 is 1.19 bits per heavy atom. The van der Waals surface area contributed by atoms with E-state index in [1.807, 2.05) is 12.1 Å². The molecule has 4 heterocycles. The number of rotatable bonds is 5. The highest BCUT2D eigenvalue weighted by atomic mass is 32.2. The smallest absolute Gasteiger partial charge is 0.262 e. The molecule has 2 aliphatic heterocycles. The first-order chi connectivity index (χ1) is 12.5. The van der Waals surface area contributed by atoms with Gasteiger partial charge in [-0.3, -0.25) is 0 Å². The highest BCUT2D eigenvalue weighted by Crippen LogP contribution is 2.31. The number of hydrogen-bond acceptors (Lipinski definition) is 6. The van der Waals surface area contributed by atoms with Crippen LogP contribution in [0.1, 0.15) is 19.3 Å². The predicted octanol–water partition coefficient (Wildman–Crippen LogP) is 1.26. The Labute approximate surface area is 153 Å². The van der Waals surface area contributed by atoms with Gasteiger partial charge in [-0.25, -0.2) is 18.4 Å². The first-order valence-electron chi connectivity index (χ1n) is 8.89. The van der Waals surface area contributed by atoms with Crippen LogP contribution in [-0.4, -0.2) is 59.5 Å². The van der Waals surface area contributed by atoms with Crippen molar-refractivity contribution in [2.75, 3.05) is 31.1 Å². The number of sulfonamides is 1. The quantitative estimate of drug-likeness (QED) is 0.780. The summed E-state index contributed by atoms with van der Waals surface area (Å²) in [5.74, 6) is 1.59. The molecule has 140 valence electrons. The van der Waals surface area contributed by atoms with Gasteiger partial charge in [0.2, 0.25) is 0 Å². The molecule has 4 rings (SSSR count). The normalized spacial score (nSPS) is 21.4. The molecular formula is C17H23N5O3S. The fourth-order valence-electron chi connectivity index (χ4n) is 3.49. The van der Waals surface area contributed by atoms with Crippen LogP contribution in [0.4, 0.5) is 5.82 Å². The number of anilines is 1. The van der Waals surface area contributed by atoms with Crippen LogP contribution in [0.3, 0.4) is 0 Å². The van der Waals surface area contributed by atoms with E-state index in [0.717, 1.165) is 37.5 Å². The van der Waals surface area contributed by atoms with Gasteiger partial charge >= 0.3 is 0 Å². The maximum atomic E-state index is 12.7. The largest absolute Gasteiger partial charge is 0.485 e. The van der Waals surface area contributed by atoms with Crippen LogP contribution in [0.15, 0.2) is 35.9 Å². The summed E-state index contributed by atoms with van der Waals surface area (Å²) in [5.41, 5.74) is 0. The van der Waals surface area contributed by atoms with Gasteiger partial charge in [0, 0.05) is 39.1 Å². The molecule has 1 unspecified atom stereocenters. The van der Waals surface area contributed by atoms with E-state index in [1.54, 1.807) is 17.8 Å². The van der Waals surface area contributed by atoms with Crippen LogP contribution < -0.4 is 9.64 Å². The average molecular weight is 377 g/mol. The third kappa shape index (κ3) is 3.28. The zero-order valence-corrected chi connectivity index (χ0v) is 15.6. The first-order valence-corrected chi connectivity index (χ1v) is 10.3. The van der Waals surface area contributed by atoms with Gasteiger partial charge in [0.15, 0.2) is 16.6 Å². The van der Waals surface area contributed by atoms with Crippen LogP contribution in [0.25, 0.3) is 0 Å². The molecule has 26 heavy (non-hydrogen) atoms. The highest BCUT2D eigenvalue weighted by molar-refractivity contribution is 7.89. The van der Waals surface area contributed by atoms with Gasteiger partial charge in [0.25, 0.3) is 10.0 Å². The molecule has 0 N–H and O–H groups in total. The number of aromatic nitrogens is 3. The predicted molar refractivity (Wildman–Crippen MR) is 96.7 cm³/mol. The first kappa shape index (κ1) is 17.3. The van der Waals surface area contributed by atoms with Gasteiger partial charge in [0.05, 0.1) is 12.9 Å². The van der Waals surface area contributed by atoms with Crippen LogP contribution in [-0.2, 0) is 17.1 Å². The molecule has 1 atom stereocenters. The fourth-order valence-corrected chi connectivity index (χ4v) is 4.94. The van der Waals surface area contributed by atoms with E-state index in [4.69, 9.17) is 4.74 Å². The summed E-state index contributed by atoms with van der Waals surface area (Å²) in [6.45, 7) is 2.73. The van der Waals surface area contributed by atoms with Crippen molar-refractivity contribution in [2.24, 2.45) is 7.05 Å². The Hall–Kier alpha value is -2.13. The minimum atomic E-state index is -3.57. The van der Waals surface area contributed by atoms with Crippen LogP contribution in [0, 0.1) is 0 Å². The molecule has 8 nitrogen and oxygen atoms in total. The molecule has 2 aliphatic rings. The van der Waals surface area contributed by atoms with Crippen molar-refractivity contribution in [3.63, 3.8) is 0 Å². The van der Waals surface area contributed by atoms with E-state index in [0.29, 0.717) is 19.5 Å². The molecule has 9 heteroatoms. The molecule has 2 fully saturated rings. The van der Waals surface area contributed by atoms with E-state index in [9.17, 15) is 8.42 Å². The third-order valence-electron chi connectivity index (χ3n) is 4.84. The number of nitrogens with zero attached hydrogens (tertiary/aromatic N) is 5. The van der Waals surface area contributed by atoms with Gasteiger partial charge in [-0.1, -0.05) is 0 Å². The number of ether oxygens (including phenoxy) is 1. The molecule has 2 aromatic heterocycles. The molecule has 0 bridgehead atoms. The molecule has 0 spiro atoms. The van der Waals surface area contributed by atoms with Crippen molar-refractivity contribution in [1.82, 2.24) is 18.8 Å². The molecule has 0 saturated carbocycles. The minimum Gasteiger partial charge on any atom is -0.485 e. The van der Waals surface area contributed by atoms with Crippen molar-refractivity contribution < 1.29 is 13.2 Å². The van der Waals surface area contributed by atoms with Gasteiger partial charge in [-0.2, -0.15) is 4.31 Å². The zero-order chi connectivity index (χ0) is 18.1. The lowest BCUT2D eigenvalue weighted by Gasteiger charge is -2.22. The van der Waals surface area contributed by atoms with Gasteiger partial charge in [-0.05, 0) is 31.4 Å². The molecule has 2 saturated heterocycles. The van der Waals surface area contributed by atoms with E-state index < -0.39 is 10.0 Å². The second-order valence-electron chi connectivity index (χ2n) is 6.79. The lowest BCUT2D eigenvalue weighted by atomic mass is 10.3. The zero-order valence-electron chi connectivity index (χ0n) is 14.8. The van der Waals surface area contributed by atoms with E-state index in [-0.39, 0.29) is 11.1 Å². The summed E-state index contributed by atoms with van der Waals surface area (Å²) >= 11 is 0. The van der Waals surface area contributed by atoms with Crippen LogP contribution in [0.2, 0.25) is 0 Å². The van der Waals surface area contributed by atoms with Gasteiger partial charge in [-0.15, -0.1) is 0 Å². The lowest BCUT2D eigenvalue weighted by molar-refractivity contribution is 0.215. The molecule has 0 amide bonds. The summed E-state index contributed by atoms with van der Waals surface area (Å²) in [4.78, 5) is 10.7. The van der Waals surface area contributed by atoms with Crippen molar-refractivity contribution in [2.45, 2.75) is 30.4 Å². The maximum absolute atomic E-state index is 12.7. The Balaban J connectivity index is 1.47. The summed E-state index contributed by atoms with van der Waals surface area (Å²) in [5, 5.41) is 0.0831. The van der Waals surface area contributed by atoms with Crippen LogP contribution in [0.5, 0.6) is 5.75 Å². The fraction of sp³-hybridized carbons (Fsp3) is 0.529. The summed E-state index contributed by atoms with van der Waals surface area (Å²) in [6.07, 6.45) is 7.59. The Morgan fingerprint density at radius 2 is 2.00 bits per heavy atom. The highest BCUT2D eigenvalue weighted by Gasteiger charge is 2.35. The van der Waals surface area contributed by atoms with E-state index in [1.165, 1.54) is 16.8 Å². The molecular weight excluding hydrogens is 354 g/mol. The number of imidazole rings is 1. The monoisotopic (exact) mass is 377 g/mol. The van der Waals surface area contributed by atoms with E-state index >= 15 is 0 Å². The standard InChI is InChI=1S/C17H23N5O3S/c1-20-12-16(19-13-20)26(23,24)22-10-6-14(11-22)25-15-5-4-7-18-17(15)21-8-2-3-9-21/h4-5,7,12-14H,2-3,6,8-11H2,1H3. The van der Waals surface area contributed by atoms with Gasteiger partial charge in [0.1, 0.15) is 6.10 Å². The van der Waals surface area contributed by atoms with Crippen molar-refractivity contribution in [3.8, 4) is 5.75 Å². The second-order valence-corrected chi connectivity index (χ2v) is 8.67. The van der Waals surface area contributed by atoms with Crippen molar-refractivity contribution in [3.05, 3.63) is 30.9 Å². The number of hydrogen-bond donors (Lipinski definition) is 0. The summed E-state index contributed by atoms with van der Waals surface area (Å²) < 4.78 is 34.6. The summed E-state index contributed by atoms with van der Waals surface area (Å²) in [6, 6.07) is 3.77. The average Bonchev–Trinajstić information content (AvgIpc) is 3.37. The van der Waals surface area contributed by atoms with Crippen LogP contribution >= 0.6 is 0 Å². The molecule has 2 aromatic rings. The Morgan fingerprint density at radius 3 is 2.73 bits per heavy atom. The maximum Gasteiger partial charge on any atom is 0.262 e. The van der Waals surface area contributed by atoms with Crippen molar-refractivity contribution >= 4 is 15.8 Å². The third-order valence-corrected chi connectivity index (χ3v) is 6.59. The number of aryl methyl sites for hydroxylation is 1. The minimum absolute atomic E-state index is 0.0831. The van der Waals surface area contributed by atoms with Gasteiger partial charge < -0.3 is 14.2 Å². The number of pyridine rings is 1. The van der Waals surface area contributed by atoms with E-state index in [2.05, 4.69) is 14.9 Å². The summed E-state index contributed by atoms with van der Waals surface area (Å²) in [7, 11) is -1.82. The Bertz CT molecular complexity index is 876. The Kier molecular flexibility index (Phi) is 4.58. The lowest BCUT2D eigenvalue weighted by Crippen LogP contribution is -2.31.